The molecule has 0 fully saturated rings. The molecule has 624 valence electrons. The molecule has 28 rings (SSSR count). The van der Waals surface area contributed by atoms with Crippen LogP contribution in [0.5, 0.6) is 0 Å². The van der Waals surface area contributed by atoms with Crippen LogP contribution < -0.4 is 0 Å². The highest BCUT2D eigenvalue weighted by Gasteiger charge is 2.25. The van der Waals surface area contributed by atoms with Crippen LogP contribution in [0, 0.1) is 27.7 Å². The Morgan fingerprint density at radius 2 is 0.409 bits per heavy atom. The summed E-state index contributed by atoms with van der Waals surface area (Å²) in [6, 6.07) is 142. The first kappa shape index (κ1) is 78.3. The number of benzene rings is 18. The molecule has 18 aromatic carbocycles. The summed E-state index contributed by atoms with van der Waals surface area (Å²) in [6.07, 6.45) is 0. The van der Waals surface area contributed by atoms with E-state index in [9.17, 15) is 0 Å². The molecule has 0 aliphatic carbocycles. The molecular weight excluding hydrogens is 1690 g/mol. The molecule has 0 spiro atoms. The van der Waals surface area contributed by atoms with Crippen molar-refractivity contribution in [3.05, 3.63) is 423 Å². The Kier molecular flexibility index (Phi) is 19.0. The van der Waals surface area contributed by atoms with Gasteiger partial charge in [0.15, 0.2) is 23.3 Å². The van der Waals surface area contributed by atoms with Crippen molar-refractivity contribution >= 4 is 213 Å². The maximum absolute atomic E-state index is 5.07. The first-order valence-electron chi connectivity index (χ1n) is 44.3. The normalized spacial score (nSPS) is 11.8. The summed E-state index contributed by atoms with van der Waals surface area (Å²) in [6.45, 7) is 8.61. The lowest BCUT2D eigenvalue weighted by molar-refractivity contribution is 0.953. The van der Waals surface area contributed by atoms with E-state index in [-0.39, 0.29) is 0 Å². The summed E-state index contributed by atoms with van der Waals surface area (Å²) in [5, 5.41) is 20.7. The minimum absolute atomic E-state index is 0.618. The molecule has 0 aliphatic rings. The molecule has 0 amide bonds. The van der Waals surface area contributed by atoms with E-state index in [1.165, 1.54) is 179 Å². The zero-order chi connectivity index (χ0) is 87.8. The Hall–Kier alpha value is -15.9. The van der Waals surface area contributed by atoms with Crippen LogP contribution >= 0.6 is 45.3 Å². The van der Waals surface area contributed by atoms with E-state index in [0.29, 0.717) is 35.2 Å². The van der Waals surface area contributed by atoms with Crippen LogP contribution in [0.15, 0.2) is 400 Å². The van der Waals surface area contributed by atoms with E-state index in [1.807, 2.05) is 167 Å². The Labute approximate surface area is 774 Å². The lowest BCUT2D eigenvalue weighted by Gasteiger charge is -2.11. The number of hydrogen-bond acceptors (Lipinski definition) is 10. The fourth-order valence-electron chi connectivity index (χ4n) is 19.3. The van der Waals surface area contributed by atoms with Crippen molar-refractivity contribution in [1.29, 1.82) is 0 Å². The molecule has 10 aromatic heterocycles. The molecule has 28 aromatic rings. The molecule has 132 heavy (non-hydrogen) atoms. The quantitative estimate of drug-likeness (QED) is 0.150. The molecule has 0 N–H and O–H groups in total. The fraction of sp³-hybridized carbons (Fsp3) is 0.0339. The number of aromatic nitrogens is 10. The number of fused-ring (bicyclic) bond motifs is 24. The van der Waals surface area contributed by atoms with Gasteiger partial charge in [0.1, 0.15) is 0 Å². The smallest absolute Gasteiger partial charge is 0.238 e. The second kappa shape index (κ2) is 32.1. The maximum Gasteiger partial charge on any atom is 0.238 e. The summed E-state index contributed by atoms with van der Waals surface area (Å²) in [5.41, 5.74) is 20.7. The molecule has 0 unspecified atom stereocenters. The van der Waals surface area contributed by atoms with Gasteiger partial charge in [-0.2, -0.15) is 19.9 Å². The molecule has 14 heteroatoms. The monoisotopic (exact) mass is 1760 g/mol. The zero-order valence-corrected chi connectivity index (χ0v) is 75.5. The number of nitrogens with zero attached hydrogens (tertiary/aromatic N) is 10. The average molecular weight is 1760 g/mol. The standard InChI is InChI=1S/2C34H22N4S.2C25H17NS/c1-21-16-17-24-26-19-27-25-14-8-9-15-30(25)39-31(27)20-29(26)38(28(24)18-21)34-36-32(22-10-4-2-5-11-22)35-33(37-34)23-12-6-3-7-13-23;1-21-16-17-28-25(18-21)26-19-27-24-14-8-9-15-30(24)39-31(27)20-29(26)38(28)34-36-32(22-10-4-2-5-11-22)35-33(37-34)23-12-6-3-7-13-23;1-16-11-12-24-20(13-16)21-14-19-18-9-5-6-10-22(18)26(17-7-3-2-4-8-17)23(19)15-25(21)27-24;1-16-11-12-22-19(13-16)20-14-21-18-9-5-6-10-24(18)27-25(21)15-23(20)26(22)17-7-3-2-4-8-17/h2*2-20H,1H3;2*2-15H,1H3. The molecular formula is C118H78N10S4. The van der Waals surface area contributed by atoms with Crippen LogP contribution in [0.1, 0.15) is 22.3 Å². The highest BCUT2D eigenvalue weighted by atomic mass is 32.1. The second-order valence-electron chi connectivity index (χ2n) is 34.0. The van der Waals surface area contributed by atoms with Gasteiger partial charge >= 0.3 is 0 Å². The highest BCUT2D eigenvalue weighted by molar-refractivity contribution is 7.27. The van der Waals surface area contributed by atoms with Crippen LogP contribution in [0.2, 0.25) is 0 Å². The summed E-state index contributed by atoms with van der Waals surface area (Å²) in [5.74, 6) is 3.87. The number of para-hydroxylation sites is 3. The minimum atomic E-state index is 0.618. The van der Waals surface area contributed by atoms with Gasteiger partial charge in [-0.05, 0) is 173 Å². The largest absolute Gasteiger partial charge is 0.309 e. The van der Waals surface area contributed by atoms with Gasteiger partial charge in [-0.15, -0.1) is 45.3 Å². The number of aryl methyl sites for hydroxylation is 4. The van der Waals surface area contributed by atoms with Crippen LogP contribution in [-0.2, 0) is 0 Å². The molecule has 10 nitrogen and oxygen atoms in total. The predicted molar refractivity (Wildman–Crippen MR) is 562 cm³/mol. The predicted octanol–water partition coefficient (Wildman–Crippen LogP) is 32.9. The van der Waals surface area contributed by atoms with Crippen molar-refractivity contribution in [3.8, 4) is 68.8 Å². The summed E-state index contributed by atoms with van der Waals surface area (Å²) in [4.78, 5) is 30.1. The minimum Gasteiger partial charge on any atom is -0.309 e. The van der Waals surface area contributed by atoms with Gasteiger partial charge in [0, 0.05) is 157 Å². The zero-order valence-electron chi connectivity index (χ0n) is 72.2. The third-order valence-electron chi connectivity index (χ3n) is 25.5. The van der Waals surface area contributed by atoms with Crippen LogP contribution in [0.3, 0.4) is 0 Å². The van der Waals surface area contributed by atoms with Crippen molar-refractivity contribution in [2.24, 2.45) is 0 Å². The molecule has 10 heterocycles. The van der Waals surface area contributed by atoms with E-state index < -0.39 is 0 Å². The summed E-state index contributed by atoms with van der Waals surface area (Å²) < 4.78 is 19.7. The average Bonchev–Trinajstić information content (AvgIpc) is 1.59. The van der Waals surface area contributed by atoms with Gasteiger partial charge in [0.05, 0.1) is 44.1 Å². The lowest BCUT2D eigenvalue weighted by Crippen LogP contribution is -2.06. The Bertz CT molecular complexity index is 9330. The van der Waals surface area contributed by atoms with E-state index in [2.05, 4.69) is 325 Å². The highest BCUT2D eigenvalue weighted by Crippen LogP contribution is 2.47. The first-order valence-corrected chi connectivity index (χ1v) is 47.6. The van der Waals surface area contributed by atoms with Gasteiger partial charge in [-0.3, -0.25) is 9.13 Å². The van der Waals surface area contributed by atoms with Crippen molar-refractivity contribution in [2.45, 2.75) is 27.7 Å². The Balaban J connectivity index is 0.0000000959. The maximum atomic E-state index is 5.07. The topological polar surface area (TPSA) is 97.1 Å². The number of rotatable bonds is 8. The van der Waals surface area contributed by atoms with E-state index >= 15 is 0 Å². The first-order chi connectivity index (χ1) is 65.0. The summed E-state index contributed by atoms with van der Waals surface area (Å²) in [7, 11) is 0. The van der Waals surface area contributed by atoms with Crippen LogP contribution in [0.4, 0.5) is 0 Å². The lowest BCUT2D eigenvalue weighted by atomic mass is 10.1. The van der Waals surface area contributed by atoms with Crippen molar-refractivity contribution < 1.29 is 0 Å². The molecule has 0 atom stereocenters. The molecule has 0 aliphatic heterocycles. The van der Waals surface area contributed by atoms with E-state index in [0.717, 1.165) is 44.3 Å². The Morgan fingerprint density at radius 3 is 0.811 bits per heavy atom. The molecule has 0 bridgehead atoms. The van der Waals surface area contributed by atoms with E-state index in [4.69, 9.17) is 29.9 Å². The van der Waals surface area contributed by atoms with Crippen LogP contribution in [-0.4, -0.2) is 48.2 Å². The van der Waals surface area contributed by atoms with Gasteiger partial charge < -0.3 is 9.13 Å². The van der Waals surface area contributed by atoms with Gasteiger partial charge in [-0.1, -0.05) is 278 Å². The Morgan fingerprint density at radius 1 is 0.159 bits per heavy atom. The molecule has 0 saturated heterocycles. The SMILES string of the molecule is Cc1ccc2c(c1)c1cc3c(cc1n2-c1ccccc1)sc1ccccc13.Cc1ccc2c(c1)c1cc3c(cc1n2-c1nc(-c2ccccc2)nc(-c2ccccc2)n1)sc1ccccc13.Cc1ccc2c3cc4c(cc3n(-c3nc(-c5ccccc5)nc(-c5ccccc5)n3)c2c1)sc1ccccc14.Cc1ccc2sc3cc4c(cc3c2c1)c1ccccc1n4-c1ccccc1. The van der Waals surface area contributed by atoms with Crippen molar-refractivity contribution in [3.63, 3.8) is 0 Å². The second-order valence-corrected chi connectivity index (χ2v) is 38.3. The number of hydrogen-bond donors (Lipinski definition) is 0. The third-order valence-corrected chi connectivity index (χ3v) is 30.0. The summed E-state index contributed by atoms with van der Waals surface area (Å²) >= 11 is 7.42. The van der Waals surface area contributed by atoms with E-state index in [1.54, 1.807) is 0 Å². The van der Waals surface area contributed by atoms with Gasteiger partial charge in [-0.25, -0.2) is 9.97 Å². The van der Waals surface area contributed by atoms with Crippen LogP contribution in [0.25, 0.3) is 237 Å². The van der Waals surface area contributed by atoms with Gasteiger partial charge in [0.2, 0.25) is 11.9 Å². The van der Waals surface area contributed by atoms with Crippen molar-refractivity contribution in [2.75, 3.05) is 0 Å². The molecule has 0 radical (unpaired) electrons. The third kappa shape index (κ3) is 13.5. The molecule has 0 saturated carbocycles. The van der Waals surface area contributed by atoms with Crippen molar-refractivity contribution in [1.82, 2.24) is 48.2 Å². The number of thiophene rings is 4. The van der Waals surface area contributed by atoms with Gasteiger partial charge in [0.25, 0.3) is 0 Å². The fourth-order valence-corrected chi connectivity index (χ4v) is 23.8.